The summed E-state index contributed by atoms with van der Waals surface area (Å²) in [4.78, 5) is 30.2. The zero-order valence-corrected chi connectivity index (χ0v) is 15.7. The molecular weight excluding hydrogens is 352 g/mol. The van der Waals surface area contributed by atoms with Crippen molar-refractivity contribution in [2.45, 2.75) is 20.4 Å². The SMILES string of the molecule is Cc1cccc(N(Cc2cc3cc(C)ccc3[nH]c2=O)C(=O)c2ccco2)c1. The number of nitrogens with one attached hydrogen (secondary N) is 1. The van der Waals surface area contributed by atoms with Crippen molar-refractivity contribution in [2.24, 2.45) is 0 Å². The number of aromatic amines is 1. The van der Waals surface area contributed by atoms with Gasteiger partial charge in [0.1, 0.15) is 0 Å². The van der Waals surface area contributed by atoms with Crippen LogP contribution in [0, 0.1) is 13.8 Å². The van der Waals surface area contributed by atoms with E-state index in [1.54, 1.807) is 17.0 Å². The first-order valence-electron chi connectivity index (χ1n) is 9.06. The number of aryl methyl sites for hydroxylation is 2. The lowest BCUT2D eigenvalue weighted by Crippen LogP contribution is -2.32. The fourth-order valence-corrected chi connectivity index (χ4v) is 3.27. The molecular formula is C23H20N2O3. The monoisotopic (exact) mass is 372 g/mol. The van der Waals surface area contributed by atoms with Crippen LogP contribution < -0.4 is 10.5 Å². The van der Waals surface area contributed by atoms with Gasteiger partial charge in [-0.3, -0.25) is 9.59 Å². The molecule has 1 N–H and O–H groups in total. The highest BCUT2D eigenvalue weighted by molar-refractivity contribution is 6.04. The molecule has 4 aromatic rings. The minimum Gasteiger partial charge on any atom is -0.459 e. The van der Waals surface area contributed by atoms with Crippen molar-refractivity contribution in [2.75, 3.05) is 4.90 Å². The molecule has 5 nitrogen and oxygen atoms in total. The minimum atomic E-state index is -0.292. The van der Waals surface area contributed by atoms with Gasteiger partial charge in [0, 0.05) is 16.8 Å². The van der Waals surface area contributed by atoms with E-state index in [9.17, 15) is 9.59 Å². The summed E-state index contributed by atoms with van der Waals surface area (Å²) >= 11 is 0. The maximum Gasteiger partial charge on any atom is 0.294 e. The van der Waals surface area contributed by atoms with Crippen LogP contribution in [0.3, 0.4) is 0 Å². The molecule has 5 heteroatoms. The van der Waals surface area contributed by atoms with Crippen LogP contribution in [0.2, 0.25) is 0 Å². The van der Waals surface area contributed by atoms with Crippen molar-refractivity contribution in [3.8, 4) is 0 Å². The average molecular weight is 372 g/mol. The smallest absolute Gasteiger partial charge is 0.294 e. The van der Waals surface area contributed by atoms with Gasteiger partial charge in [0.05, 0.1) is 12.8 Å². The minimum absolute atomic E-state index is 0.141. The van der Waals surface area contributed by atoms with Crippen LogP contribution in [0.25, 0.3) is 10.9 Å². The van der Waals surface area contributed by atoms with Gasteiger partial charge < -0.3 is 14.3 Å². The molecule has 0 saturated heterocycles. The van der Waals surface area contributed by atoms with Crippen molar-refractivity contribution in [1.82, 2.24) is 4.98 Å². The summed E-state index contributed by atoms with van der Waals surface area (Å²) in [5.74, 6) is -0.0612. The summed E-state index contributed by atoms with van der Waals surface area (Å²) in [7, 11) is 0. The number of fused-ring (bicyclic) bond motifs is 1. The van der Waals surface area contributed by atoms with E-state index in [-0.39, 0.29) is 23.8 Å². The second kappa shape index (κ2) is 7.19. The molecule has 28 heavy (non-hydrogen) atoms. The van der Waals surface area contributed by atoms with Crippen molar-refractivity contribution in [3.05, 3.63) is 99.7 Å². The number of furan rings is 1. The summed E-state index contributed by atoms with van der Waals surface area (Å²) in [5, 5.41) is 0.934. The molecule has 140 valence electrons. The number of rotatable bonds is 4. The largest absolute Gasteiger partial charge is 0.459 e. The van der Waals surface area contributed by atoms with Gasteiger partial charge in [-0.1, -0.05) is 23.8 Å². The summed E-state index contributed by atoms with van der Waals surface area (Å²) in [5.41, 5.74) is 3.93. The van der Waals surface area contributed by atoms with Crippen molar-refractivity contribution in [1.29, 1.82) is 0 Å². The number of pyridine rings is 1. The third-order valence-electron chi connectivity index (χ3n) is 4.70. The quantitative estimate of drug-likeness (QED) is 0.570. The van der Waals surface area contributed by atoms with Crippen LogP contribution in [0.4, 0.5) is 5.69 Å². The van der Waals surface area contributed by atoms with E-state index >= 15 is 0 Å². The Hall–Kier alpha value is -3.60. The van der Waals surface area contributed by atoms with E-state index in [1.807, 2.05) is 62.4 Å². The number of hydrogen-bond donors (Lipinski definition) is 1. The number of anilines is 1. The van der Waals surface area contributed by atoms with Crippen molar-refractivity contribution < 1.29 is 9.21 Å². The van der Waals surface area contributed by atoms with Gasteiger partial charge in [-0.25, -0.2) is 0 Å². The van der Waals surface area contributed by atoms with E-state index in [4.69, 9.17) is 4.42 Å². The molecule has 2 aromatic carbocycles. The standard InChI is InChI=1S/C23H20N2O3/c1-15-5-3-6-19(12-15)25(23(27)21-7-4-10-28-21)14-18-13-17-11-16(2)8-9-20(17)24-22(18)26/h3-13H,14H2,1-2H3,(H,24,26). The molecule has 2 aromatic heterocycles. The van der Waals surface area contributed by atoms with Gasteiger partial charge >= 0.3 is 0 Å². The lowest BCUT2D eigenvalue weighted by molar-refractivity contribution is 0.0958. The Balaban J connectivity index is 1.79. The fourth-order valence-electron chi connectivity index (χ4n) is 3.27. The first kappa shape index (κ1) is 17.8. The normalized spacial score (nSPS) is 10.9. The molecule has 2 heterocycles. The summed E-state index contributed by atoms with van der Waals surface area (Å²) in [6.07, 6.45) is 1.47. The molecule has 0 spiro atoms. The Labute approximate surface area is 162 Å². The van der Waals surface area contributed by atoms with Gasteiger partial charge in [-0.15, -0.1) is 0 Å². The lowest BCUT2D eigenvalue weighted by atomic mass is 10.1. The third kappa shape index (κ3) is 3.47. The first-order valence-corrected chi connectivity index (χ1v) is 9.06. The van der Waals surface area contributed by atoms with E-state index < -0.39 is 0 Å². The summed E-state index contributed by atoms with van der Waals surface area (Å²) < 4.78 is 5.30. The second-order valence-electron chi connectivity index (χ2n) is 6.92. The lowest BCUT2D eigenvalue weighted by Gasteiger charge is -2.22. The van der Waals surface area contributed by atoms with E-state index in [0.717, 1.165) is 22.0 Å². The van der Waals surface area contributed by atoms with Crippen LogP contribution in [-0.2, 0) is 6.54 Å². The van der Waals surface area contributed by atoms with Crippen molar-refractivity contribution >= 4 is 22.5 Å². The summed E-state index contributed by atoms with van der Waals surface area (Å²) in [6, 6.07) is 18.6. The number of aromatic nitrogens is 1. The van der Waals surface area contributed by atoms with Crippen LogP contribution in [0.15, 0.2) is 76.1 Å². The van der Waals surface area contributed by atoms with Gasteiger partial charge in [0.15, 0.2) is 5.76 Å². The molecule has 0 radical (unpaired) electrons. The topological polar surface area (TPSA) is 66.3 Å². The molecule has 0 aliphatic heterocycles. The fraction of sp³-hybridized carbons (Fsp3) is 0.130. The predicted octanol–water partition coefficient (Wildman–Crippen LogP) is 4.58. The number of H-pyrrole nitrogens is 1. The molecule has 1 amide bonds. The Morgan fingerprint density at radius 3 is 2.57 bits per heavy atom. The molecule has 0 saturated carbocycles. The first-order chi connectivity index (χ1) is 13.5. The van der Waals surface area contributed by atoms with Crippen LogP contribution in [0.5, 0.6) is 0 Å². The highest BCUT2D eigenvalue weighted by atomic mass is 16.3. The maximum atomic E-state index is 13.1. The number of nitrogens with zero attached hydrogens (tertiary/aromatic N) is 1. The zero-order chi connectivity index (χ0) is 19.7. The van der Waals surface area contributed by atoms with Crippen molar-refractivity contribution in [3.63, 3.8) is 0 Å². The molecule has 0 aliphatic carbocycles. The Morgan fingerprint density at radius 2 is 1.82 bits per heavy atom. The molecule has 4 rings (SSSR count). The number of benzene rings is 2. The number of carbonyl (C=O) groups is 1. The zero-order valence-electron chi connectivity index (χ0n) is 15.7. The van der Waals surface area contributed by atoms with Gasteiger partial charge in [0.2, 0.25) is 0 Å². The molecule has 0 bridgehead atoms. The number of hydrogen-bond acceptors (Lipinski definition) is 3. The predicted molar refractivity (Wildman–Crippen MR) is 110 cm³/mol. The summed E-state index contributed by atoms with van der Waals surface area (Å²) in [6.45, 7) is 4.11. The third-order valence-corrected chi connectivity index (χ3v) is 4.70. The van der Waals surface area contributed by atoms with Gasteiger partial charge in [-0.05, 0) is 67.3 Å². The highest BCUT2D eigenvalue weighted by Gasteiger charge is 2.22. The molecule has 0 aliphatic rings. The van der Waals surface area contributed by atoms with E-state index in [0.29, 0.717) is 11.3 Å². The van der Waals surface area contributed by atoms with Gasteiger partial charge in [-0.2, -0.15) is 0 Å². The average Bonchev–Trinajstić information content (AvgIpc) is 3.21. The van der Waals surface area contributed by atoms with E-state index in [1.165, 1.54) is 6.26 Å². The Bertz CT molecular complexity index is 1210. The Morgan fingerprint density at radius 1 is 1.00 bits per heavy atom. The second-order valence-corrected chi connectivity index (χ2v) is 6.92. The number of carbonyl (C=O) groups excluding carboxylic acids is 1. The van der Waals surface area contributed by atoms with Crippen LogP contribution in [0.1, 0.15) is 27.2 Å². The highest BCUT2D eigenvalue weighted by Crippen LogP contribution is 2.22. The maximum absolute atomic E-state index is 13.1. The van der Waals surface area contributed by atoms with Crippen LogP contribution in [-0.4, -0.2) is 10.9 Å². The molecule has 0 fully saturated rings. The molecule has 0 unspecified atom stereocenters. The van der Waals surface area contributed by atoms with Gasteiger partial charge in [0.25, 0.3) is 11.5 Å². The number of amides is 1. The van der Waals surface area contributed by atoms with Crippen LogP contribution >= 0.6 is 0 Å². The molecule has 0 atom stereocenters. The van der Waals surface area contributed by atoms with E-state index in [2.05, 4.69) is 4.98 Å². The Kier molecular flexibility index (Phi) is 4.57.